The van der Waals surface area contributed by atoms with Crippen molar-refractivity contribution in [2.45, 2.75) is 13.1 Å². The Balaban J connectivity index is 1.88. The standard InChI is InChI=1S/C15H18F3N3O2/c1-9(11-6-19-7-11)13(22)21-12-4-2-10(3-5-12)14(23)20-8-15(16,17)18/h2-5,9,11,19H,6-8H2,1H3,(H,20,23)(H,21,22). The predicted molar refractivity (Wildman–Crippen MR) is 79.0 cm³/mol. The van der Waals surface area contributed by atoms with Crippen molar-refractivity contribution in [2.75, 3.05) is 25.0 Å². The van der Waals surface area contributed by atoms with Crippen molar-refractivity contribution >= 4 is 17.5 Å². The maximum Gasteiger partial charge on any atom is 0.405 e. The second kappa shape index (κ2) is 6.99. The lowest BCUT2D eigenvalue weighted by molar-refractivity contribution is -0.123. The molecule has 1 unspecified atom stereocenters. The molecule has 0 aliphatic carbocycles. The highest BCUT2D eigenvalue weighted by molar-refractivity contribution is 5.96. The first-order chi connectivity index (χ1) is 10.8. The molecule has 1 fully saturated rings. The maximum absolute atomic E-state index is 12.0. The zero-order chi connectivity index (χ0) is 17.0. The van der Waals surface area contributed by atoms with E-state index in [0.29, 0.717) is 11.6 Å². The average molecular weight is 329 g/mol. The van der Waals surface area contributed by atoms with E-state index in [1.165, 1.54) is 24.3 Å². The zero-order valence-corrected chi connectivity index (χ0v) is 12.5. The third-order valence-corrected chi connectivity index (χ3v) is 3.80. The number of alkyl halides is 3. The summed E-state index contributed by atoms with van der Waals surface area (Å²) in [6.45, 7) is 2.09. The first kappa shape index (κ1) is 17.3. The predicted octanol–water partition coefficient (Wildman–Crippen LogP) is 1.77. The molecule has 1 aliphatic rings. The van der Waals surface area contributed by atoms with Gasteiger partial charge in [-0.1, -0.05) is 6.92 Å². The number of carbonyl (C=O) groups is 2. The number of hydrogen-bond donors (Lipinski definition) is 3. The van der Waals surface area contributed by atoms with Crippen LogP contribution in [0.3, 0.4) is 0 Å². The minimum Gasteiger partial charge on any atom is -0.343 e. The van der Waals surface area contributed by atoms with Crippen molar-refractivity contribution < 1.29 is 22.8 Å². The van der Waals surface area contributed by atoms with E-state index in [9.17, 15) is 22.8 Å². The molecule has 1 saturated heterocycles. The van der Waals surface area contributed by atoms with Gasteiger partial charge in [0.05, 0.1) is 0 Å². The largest absolute Gasteiger partial charge is 0.405 e. The topological polar surface area (TPSA) is 70.2 Å². The minimum atomic E-state index is -4.45. The molecule has 3 N–H and O–H groups in total. The number of rotatable bonds is 5. The molecule has 1 aromatic rings. The van der Waals surface area contributed by atoms with Crippen LogP contribution >= 0.6 is 0 Å². The summed E-state index contributed by atoms with van der Waals surface area (Å²) in [6, 6.07) is 5.73. The molecule has 23 heavy (non-hydrogen) atoms. The van der Waals surface area contributed by atoms with E-state index in [0.717, 1.165) is 13.1 Å². The van der Waals surface area contributed by atoms with Gasteiger partial charge in [-0.15, -0.1) is 0 Å². The second-order valence-corrected chi connectivity index (χ2v) is 5.57. The average Bonchev–Trinajstić information content (AvgIpc) is 2.43. The number of carbonyl (C=O) groups excluding carboxylic acids is 2. The van der Waals surface area contributed by atoms with Gasteiger partial charge in [0.25, 0.3) is 5.91 Å². The number of hydrogen-bond acceptors (Lipinski definition) is 3. The number of benzene rings is 1. The number of amides is 2. The summed E-state index contributed by atoms with van der Waals surface area (Å²) in [5, 5.41) is 7.62. The molecule has 0 radical (unpaired) electrons. The summed E-state index contributed by atoms with van der Waals surface area (Å²) in [5.41, 5.74) is 0.602. The number of nitrogens with one attached hydrogen (secondary N) is 3. The van der Waals surface area contributed by atoms with Crippen molar-refractivity contribution in [3.63, 3.8) is 0 Å². The molecule has 2 rings (SSSR count). The zero-order valence-electron chi connectivity index (χ0n) is 12.5. The van der Waals surface area contributed by atoms with Crippen LogP contribution in [-0.2, 0) is 4.79 Å². The molecule has 1 aromatic carbocycles. The highest BCUT2D eigenvalue weighted by atomic mass is 19.4. The number of anilines is 1. The van der Waals surface area contributed by atoms with E-state index in [1.54, 1.807) is 5.32 Å². The summed E-state index contributed by atoms with van der Waals surface area (Å²) in [7, 11) is 0. The summed E-state index contributed by atoms with van der Waals surface area (Å²) in [5.74, 6) is -0.756. The summed E-state index contributed by atoms with van der Waals surface area (Å²) >= 11 is 0. The summed E-state index contributed by atoms with van der Waals surface area (Å²) in [6.07, 6.45) is -4.45. The van der Waals surface area contributed by atoms with Crippen LogP contribution in [0.5, 0.6) is 0 Å². The molecule has 0 bridgehead atoms. The molecule has 0 spiro atoms. The Hall–Kier alpha value is -2.09. The third-order valence-electron chi connectivity index (χ3n) is 3.80. The Labute approximate surface area is 131 Å². The molecule has 0 aromatic heterocycles. The number of halogens is 3. The smallest absolute Gasteiger partial charge is 0.343 e. The van der Waals surface area contributed by atoms with Crippen molar-refractivity contribution in [1.29, 1.82) is 0 Å². The molecule has 1 aliphatic heterocycles. The first-order valence-corrected chi connectivity index (χ1v) is 7.23. The van der Waals surface area contributed by atoms with Crippen molar-refractivity contribution in [1.82, 2.24) is 10.6 Å². The highest BCUT2D eigenvalue weighted by Crippen LogP contribution is 2.19. The fourth-order valence-corrected chi connectivity index (χ4v) is 2.12. The van der Waals surface area contributed by atoms with Gasteiger partial charge < -0.3 is 16.0 Å². The van der Waals surface area contributed by atoms with Gasteiger partial charge >= 0.3 is 6.18 Å². The molecule has 0 saturated carbocycles. The van der Waals surface area contributed by atoms with Gasteiger partial charge in [0.15, 0.2) is 0 Å². The minimum absolute atomic E-state index is 0.100. The van der Waals surface area contributed by atoms with E-state index in [-0.39, 0.29) is 17.4 Å². The monoisotopic (exact) mass is 329 g/mol. The van der Waals surface area contributed by atoms with Gasteiger partial charge in [-0.2, -0.15) is 13.2 Å². The Kier molecular flexibility index (Phi) is 5.25. The second-order valence-electron chi connectivity index (χ2n) is 5.57. The normalized spacial score (nSPS) is 16.3. The Morgan fingerprint density at radius 1 is 1.26 bits per heavy atom. The molecule has 1 atom stereocenters. The van der Waals surface area contributed by atoms with Crippen LogP contribution in [0.4, 0.5) is 18.9 Å². The Morgan fingerprint density at radius 2 is 1.87 bits per heavy atom. The summed E-state index contributed by atoms with van der Waals surface area (Å²) in [4.78, 5) is 23.6. The SMILES string of the molecule is CC(C(=O)Nc1ccc(C(=O)NCC(F)(F)F)cc1)C1CNC1. The van der Waals surface area contributed by atoms with Crippen LogP contribution in [0.25, 0.3) is 0 Å². The van der Waals surface area contributed by atoms with E-state index < -0.39 is 18.6 Å². The van der Waals surface area contributed by atoms with Gasteiger partial charge in [-0.25, -0.2) is 0 Å². The van der Waals surface area contributed by atoms with E-state index >= 15 is 0 Å². The highest BCUT2D eigenvalue weighted by Gasteiger charge is 2.29. The van der Waals surface area contributed by atoms with Crippen LogP contribution < -0.4 is 16.0 Å². The lowest BCUT2D eigenvalue weighted by Crippen LogP contribution is -2.48. The first-order valence-electron chi connectivity index (χ1n) is 7.23. The van der Waals surface area contributed by atoms with Crippen LogP contribution in [-0.4, -0.2) is 37.6 Å². The summed E-state index contributed by atoms with van der Waals surface area (Å²) < 4.78 is 36.1. The van der Waals surface area contributed by atoms with Crippen LogP contribution in [0, 0.1) is 11.8 Å². The quantitative estimate of drug-likeness (QED) is 0.771. The van der Waals surface area contributed by atoms with E-state index in [2.05, 4.69) is 10.6 Å². The van der Waals surface area contributed by atoms with Gasteiger partial charge in [0.2, 0.25) is 5.91 Å². The molecule has 1 heterocycles. The van der Waals surface area contributed by atoms with Crippen LogP contribution in [0.1, 0.15) is 17.3 Å². The molecular weight excluding hydrogens is 311 g/mol. The van der Waals surface area contributed by atoms with Crippen LogP contribution in [0.15, 0.2) is 24.3 Å². The molecule has 126 valence electrons. The fourth-order valence-electron chi connectivity index (χ4n) is 2.12. The van der Waals surface area contributed by atoms with Crippen molar-refractivity contribution in [2.24, 2.45) is 11.8 Å². The molecular formula is C15H18F3N3O2. The van der Waals surface area contributed by atoms with E-state index in [4.69, 9.17) is 0 Å². The van der Waals surface area contributed by atoms with Gasteiger partial charge in [0.1, 0.15) is 6.54 Å². The van der Waals surface area contributed by atoms with Crippen molar-refractivity contribution in [3.05, 3.63) is 29.8 Å². The van der Waals surface area contributed by atoms with Crippen LogP contribution in [0.2, 0.25) is 0 Å². The van der Waals surface area contributed by atoms with Gasteiger partial charge in [-0.05, 0) is 43.3 Å². The third kappa shape index (κ3) is 4.95. The van der Waals surface area contributed by atoms with E-state index in [1.807, 2.05) is 6.92 Å². The molecule has 2 amide bonds. The Morgan fingerprint density at radius 3 is 2.35 bits per heavy atom. The molecule has 5 nitrogen and oxygen atoms in total. The maximum atomic E-state index is 12.0. The van der Waals surface area contributed by atoms with Gasteiger partial charge in [0, 0.05) is 17.2 Å². The lowest BCUT2D eigenvalue weighted by Gasteiger charge is -2.31. The Bertz CT molecular complexity index is 568. The van der Waals surface area contributed by atoms with Gasteiger partial charge in [-0.3, -0.25) is 9.59 Å². The molecule has 8 heteroatoms. The van der Waals surface area contributed by atoms with Crippen molar-refractivity contribution in [3.8, 4) is 0 Å². The fraction of sp³-hybridized carbons (Fsp3) is 0.467. The lowest BCUT2D eigenvalue weighted by atomic mass is 9.88.